The molecule has 2 aromatic carbocycles. The fourth-order valence-electron chi connectivity index (χ4n) is 1.70. The molecule has 2 rings (SSSR count). The highest BCUT2D eigenvalue weighted by Gasteiger charge is 2.06. The van der Waals surface area contributed by atoms with Crippen LogP contribution >= 0.6 is 15.9 Å². The van der Waals surface area contributed by atoms with Crippen molar-refractivity contribution in [2.45, 2.75) is 20.0 Å². The highest BCUT2D eigenvalue weighted by Crippen LogP contribution is 2.18. The van der Waals surface area contributed by atoms with Crippen LogP contribution in [0.2, 0.25) is 0 Å². The molecule has 2 nitrogen and oxygen atoms in total. The fourth-order valence-corrected chi connectivity index (χ4v) is 2.13. The van der Waals surface area contributed by atoms with E-state index in [0.29, 0.717) is 13.0 Å². The van der Waals surface area contributed by atoms with E-state index in [1.807, 2.05) is 55.5 Å². The molecule has 0 amide bonds. The third-order valence-corrected chi connectivity index (χ3v) is 3.68. The third-order valence-electron chi connectivity index (χ3n) is 2.83. The van der Waals surface area contributed by atoms with Gasteiger partial charge < -0.3 is 4.74 Å². The van der Waals surface area contributed by atoms with Crippen molar-refractivity contribution in [2.75, 3.05) is 0 Å². The first-order valence-electron chi connectivity index (χ1n) is 6.10. The van der Waals surface area contributed by atoms with E-state index in [1.54, 1.807) is 0 Å². The largest absolute Gasteiger partial charge is 0.461 e. The van der Waals surface area contributed by atoms with Gasteiger partial charge >= 0.3 is 5.97 Å². The summed E-state index contributed by atoms with van der Waals surface area (Å²) in [6.45, 7) is 2.34. The van der Waals surface area contributed by atoms with Crippen LogP contribution in [0.3, 0.4) is 0 Å². The molecular formula is C16H15BrO2. The molecule has 0 saturated carbocycles. The fraction of sp³-hybridized carbons (Fsp3) is 0.188. The van der Waals surface area contributed by atoms with Gasteiger partial charge in [-0.15, -0.1) is 0 Å². The Morgan fingerprint density at radius 1 is 1.11 bits per heavy atom. The van der Waals surface area contributed by atoms with Gasteiger partial charge in [0.1, 0.15) is 6.61 Å². The van der Waals surface area contributed by atoms with Gasteiger partial charge in [-0.05, 0) is 29.7 Å². The first-order valence-corrected chi connectivity index (χ1v) is 6.89. The summed E-state index contributed by atoms with van der Waals surface area (Å²) in [4.78, 5) is 11.7. The molecule has 0 spiro atoms. The average molecular weight is 319 g/mol. The van der Waals surface area contributed by atoms with Gasteiger partial charge in [0.15, 0.2) is 0 Å². The second-order valence-corrected chi connectivity index (χ2v) is 5.26. The van der Waals surface area contributed by atoms with Crippen molar-refractivity contribution in [3.63, 3.8) is 0 Å². The summed E-state index contributed by atoms with van der Waals surface area (Å²) >= 11 is 3.46. The molecule has 0 saturated heterocycles. The topological polar surface area (TPSA) is 26.3 Å². The lowest BCUT2D eigenvalue weighted by molar-refractivity contribution is -0.144. The van der Waals surface area contributed by atoms with E-state index in [0.717, 1.165) is 21.2 Å². The number of carbonyl (C=O) groups is 1. The maximum Gasteiger partial charge on any atom is 0.310 e. The van der Waals surface area contributed by atoms with Crippen LogP contribution in [0.25, 0.3) is 0 Å². The average Bonchev–Trinajstić information content (AvgIpc) is 2.42. The second kappa shape index (κ2) is 6.53. The molecule has 0 fully saturated rings. The summed E-state index contributed by atoms with van der Waals surface area (Å²) < 4.78 is 6.26. The van der Waals surface area contributed by atoms with Crippen LogP contribution in [0.1, 0.15) is 16.7 Å². The molecule has 3 heteroatoms. The highest BCUT2D eigenvalue weighted by molar-refractivity contribution is 9.10. The Bertz CT molecular complexity index is 564. The number of aryl methyl sites for hydroxylation is 1. The molecule has 19 heavy (non-hydrogen) atoms. The minimum absolute atomic E-state index is 0.209. The van der Waals surface area contributed by atoms with Crippen molar-refractivity contribution in [3.05, 3.63) is 69.7 Å². The molecule has 0 aliphatic carbocycles. The van der Waals surface area contributed by atoms with Crippen molar-refractivity contribution >= 4 is 21.9 Å². The van der Waals surface area contributed by atoms with Gasteiger partial charge in [-0.1, -0.05) is 58.4 Å². The molecule has 2 aromatic rings. The molecule has 0 N–H and O–H groups in total. The van der Waals surface area contributed by atoms with Crippen LogP contribution in [0.5, 0.6) is 0 Å². The molecule has 0 aliphatic rings. The Kier molecular flexibility index (Phi) is 4.74. The molecule has 0 heterocycles. The Hall–Kier alpha value is -1.61. The van der Waals surface area contributed by atoms with Crippen LogP contribution in [-0.4, -0.2) is 5.97 Å². The lowest BCUT2D eigenvalue weighted by atomic mass is 10.1. The molecule has 0 aromatic heterocycles. The summed E-state index contributed by atoms with van der Waals surface area (Å²) in [7, 11) is 0. The maximum atomic E-state index is 11.7. The van der Waals surface area contributed by atoms with Crippen LogP contribution in [-0.2, 0) is 22.6 Å². The highest BCUT2D eigenvalue weighted by atomic mass is 79.9. The van der Waals surface area contributed by atoms with Gasteiger partial charge in [-0.3, -0.25) is 4.79 Å². The van der Waals surface area contributed by atoms with Gasteiger partial charge in [-0.2, -0.15) is 0 Å². The Morgan fingerprint density at radius 2 is 1.84 bits per heavy atom. The number of esters is 1. The van der Waals surface area contributed by atoms with E-state index in [-0.39, 0.29) is 5.97 Å². The van der Waals surface area contributed by atoms with Crippen LogP contribution in [0.4, 0.5) is 0 Å². The molecule has 98 valence electrons. The van der Waals surface area contributed by atoms with Gasteiger partial charge in [0.2, 0.25) is 0 Å². The quantitative estimate of drug-likeness (QED) is 0.795. The van der Waals surface area contributed by atoms with Gasteiger partial charge in [0, 0.05) is 4.47 Å². The predicted octanol–water partition coefficient (Wildman–Crippen LogP) is 4.04. The molecular weight excluding hydrogens is 304 g/mol. The summed E-state index contributed by atoms with van der Waals surface area (Å²) in [5.74, 6) is -0.209. The molecule has 0 unspecified atom stereocenters. The summed E-state index contributed by atoms with van der Waals surface area (Å²) in [6.07, 6.45) is 0.297. The normalized spacial score (nSPS) is 10.2. The van der Waals surface area contributed by atoms with E-state index in [2.05, 4.69) is 15.9 Å². The number of benzene rings is 2. The van der Waals surface area contributed by atoms with E-state index in [4.69, 9.17) is 4.74 Å². The molecule has 0 radical (unpaired) electrons. The predicted molar refractivity (Wildman–Crippen MR) is 78.8 cm³/mol. The minimum Gasteiger partial charge on any atom is -0.461 e. The summed E-state index contributed by atoms with van der Waals surface area (Å²) in [6, 6.07) is 15.6. The van der Waals surface area contributed by atoms with Crippen molar-refractivity contribution in [3.8, 4) is 0 Å². The summed E-state index contributed by atoms with van der Waals surface area (Å²) in [5.41, 5.74) is 3.11. The van der Waals surface area contributed by atoms with Crippen molar-refractivity contribution < 1.29 is 9.53 Å². The van der Waals surface area contributed by atoms with Gasteiger partial charge in [0.05, 0.1) is 6.42 Å². The van der Waals surface area contributed by atoms with E-state index in [9.17, 15) is 4.79 Å². The van der Waals surface area contributed by atoms with Crippen LogP contribution in [0.15, 0.2) is 53.0 Å². The molecule has 0 aliphatic heterocycles. The standard InChI is InChI=1S/C16H15BrO2/c1-12-7-8-14(9-15(12)17)10-16(18)19-11-13-5-3-2-4-6-13/h2-9H,10-11H2,1H3. The number of hydrogen-bond donors (Lipinski definition) is 0. The van der Waals surface area contributed by atoms with Crippen molar-refractivity contribution in [2.24, 2.45) is 0 Å². The van der Waals surface area contributed by atoms with Gasteiger partial charge in [0.25, 0.3) is 0 Å². The zero-order valence-corrected chi connectivity index (χ0v) is 12.3. The Morgan fingerprint density at radius 3 is 2.53 bits per heavy atom. The zero-order valence-electron chi connectivity index (χ0n) is 10.7. The third kappa shape index (κ3) is 4.21. The van der Waals surface area contributed by atoms with Crippen molar-refractivity contribution in [1.82, 2.24) is 0 Å². The Labute approximate surface area is 121 Å². The lowest BCUT2D eigenvalue weighted by Crippen LogP contribution is -2.08. The first-order chi connectivity index (χ1) is 9.15. The molecule has 0 bridgehead atoms. The Balaban J connectivity index is 1.89. The van der Waals surface area contributed by atoms with E-state index in [1.165, 1.54) is 0 Å². The second-order valence-electron chi connectivity index (χ2n) is 4.41. The number of halogens is 1. The smallest absolute Gasteiger partial charge is 0.310 e. The minimum atomic E-state index is -0.209. The number of carbonyl (C=O) groups excluding carboxylic acids is 1. The van der Waals surface area contributed by atoms with Crippen LogP contribution in [0, 0.1) is 6.92 Å². The monoisotopic (exact) mass is 318 g/mol. The number of rotatable bonds is 4. The van der Waals surface area contributed by atoms with Crippen LogP contribution < -0.4 is 0 Å². The number of ether oxygens (including phenoxy) is 1. The summed E-state index contributed by atoms with van der Waals surface area (Å²) in [5, 5.41) is 0. The van der Waals surface area contributed by atoms with E-state index < -0.39 is 0 Å². The SMILES string of the molecule is Cc1ccc(CC(=O)OCc2ccccc2)cc1Br. The van der Waals surface area contributed by atoms with Gasteiger partial charge in [-0.25, -0.2) is 0 Å². The molecule has 0 atom stereocenters. The first kappa shape index (κ1) is 13.8. The number of hydrogen-bond acceptors (Lipinski definition) is 2. The lowest BCUT2D eigenvalue weighted by Gasteiger charge is -2.06. The maximum absolute atomic E-state index is 11.7. The zero-order chi connectivity index (χ0) is 13.7. The van der Waals surface area contributed by atoms with Crippen molar-refractivity contribution in [1.29, 1.82) is 0 Å². The van der Waals surface area contributed by atoms with E-state index >= 15 is 0 Å².